The van der Waals surface area contributed by atoms with E-state index in [9.17, 15) is 4.79 Å². The lowest BCUT2D eigenvalue weighted by Crippen LogP contribution is -2.01. The van der Waals surface area contributed by atoms with Crippen molar-refractivity contribution in [2.45, 2.75) is 8.02 Å². The molecule has 0 atom stereocenters. The maximum Gasteiger partial charge on any atom is 0.336 e. The molecule has 76 valence electrons. The van der Waals surface area contributed by atoms with Crippen LogP contribution >= 0.6 is 46.6 Å². The van der Waals surface area contributed by atoms with E-state index in [0.717, 1.165) is 11.8 Å². The van der Waals surface area contributed by atoms with Crippen molar-refractivity contribution >= 4 is 52.5 Å². The molecule has 0 saturated heterocycles. The van der Waals surface area contributed by atoms with E-state index in [1.54, 1.807) is 18.2 Å². The zero-order valence-electron chi connectivity index (χ0n) is 6.71. The van der Waals surface area contributed by atoms with E-state index in [-0.39, 0.29) is 5.56 Å². The lowest BCUT2D eigenvalue weighted by atomic mass is 10.2. The van der Waals surface area contributed by atoms with Crippen molar-refractivity contribution in [2.24, 2.45) is 0 Å². The van der Waals surface area contributed by atoms with Gasteiger partial charge in [-0.3, -0.25) is 0 Å². The summed E-state index contributed by atoms with van der Waals surface area (Å²) in [5.74, 6) is -1.04. The van der Waals surface area contributed by atoms with Gasteiger partial charge in [-0.2, -0.15) is 0 Å². The Morgan fingerprint density at radius 3 is 2.36 bits per heavy atom. The Morgan fingerprint density at radius 1 is 1.29 bits per heavy atom. The Bertz CT molecular complexity index is 349. The molecule has 0 aliphatic rings. The number of rotatable bonds is 2. The molecule has 1 aromatic rings. The molecule has 0 aliphatic carbocycles. The summed E-state index contributed by atoms with van der Waals surface area (Å²) >= 11 is 17.5. The predicted octanol–water partition coefficient (Wildman–Crippen LogP) is 3.80. The van der Waals surface area contributed by atoms with Crippen LogP contribution in [-0.4, -0.2) is 14.2 Å². The van der Waals surface area contributed by atoms with Crippen LogP contribution in [0.1, 0.15) is 10.4 Å². The molecule has 0 radical (unpaired) electrons. The van der Waals surface area contributed by atoms with Crippen LogP contribution in [-0.2, 0) is 0 Å². The van der Waals surface area contributed by atoms with Gasteiger partial charge in [-0.15, -0.1) is 0 Å². The van der Waals surface area contributed by atoms with Gasteiger partial charge in [-0.1, -0.05) is 58.7 Å². The standard InChI is InChI=1S/C8H5Cl3O2S/c9-8(10,11)14-6-4-2-1-3-5(6)7(12)13/h1-4H,(H,12,13). The molecule has 14 heavy (non-hydrogen) atoms. The van der Waals surface area contributed by atoms with Gasteiger partial charge in [0.25, 0.3) is 0 Å². The minimum absolute atomic E-state index is 0.129. The van der Waals surface area contributed by atoms with E-state index >= 15 is 0 Å². The summed E-state index contributed by atoms with van der Waals surface area (Å²) in [4.78, 5) is 11.2. The Labute approximate surface area is 100 Å². The predicted molar refractivity (Wildman–Crippen MR) is 59.5 cm³/mol. The monoisotopic (exact) mass is 270 g/mol. The fourth-order valence-corrected chi connectivity index (χ4v) is 2.27. The summed E-state index contributed by atoms with van der Waals surface area (Å²) in [6, 6.07) is 6.36. The largest absolute Gasteiger partial charge is 0.478 e. The number of carboxylic acid groups (broad SMARTS) is 1. The summed E-state index contributed by atoms with van der Waals surface area (Å²) in [6.07, 6.45) is 0. The van der Waals surface area contributed by atoms with E-state index in [1.165, 1.54) is 6.07 Å². The highest BCUT2D eigenvalue weighted by Crippen LogP contribution is 2.44. The van der Waals surface area contributed by atoms with Crippen LogP contribution in [0.4, 0.5) is 0 Å². The van der Waals surface area contributed by atoms with Gasteiger partial charge in [0.1, 0.15) is 0 Å². The molecule has 6 heteroatoms. The molecule has 0 amide bonds. The van der Waals surface area contributed by atoms with E-state index in [0.29, 0.717) is 4.90 Å². The first kappa shape index (κ1) is 12.0. The van der Waals surface area contributed by atoms with Crippen molar-refractivity contribution < 1.29 is 9.90 Å². The third-order valence-corrected chi connectivity index (χ3v) is 2.84. The van der Waals surface area contributed by atoms with Crippen LogP contribution in [0.25, 0.3) is 0 Å². The topological polar surface area (TPSA) is 37.3 Å². The zero-order chi connectivity index (χ0) is 10.8. The Morgan fingerprint density at radius 2 is 1.86 bits per heavy atom. The summed E-state index contributed by atoms with van der Waals surface area (Å²) < 4.78 is -1.55. The number of alkyl halides is 3. The highest BCUT2D eigenvalue weighted by Gasteiger charge is 2.24. The molecule has 0 spiro atoms. The summed E-state index contributed by atoms with van der Waals surface area (Å²) in [5.41, 5.74) is 0.129. The maximum absolute atomic E-state index is 10.8. The molecule has 0 saturated carbocycles. The van der Waals surface area contributed by atoms with Gasteiger partial charge < -0.3 is 5.11 Å². The van der Waals surface area contributed by atoms with Gasteiger partial charge in [-0.25, -0.2) is 4.79 Å². The number of thioether (sulfide) groups is 1. The SMILES string of the molecule is O=C(O)c1ccccc1SC(Cl)(Cl)Cl. The quantitative estimate of drug-likeness (QED) is 0.656. The van der Waals surface area contributed by atoms with Crippen molar-refractivity contribution in [2.75, 3.05) is 0 Å². The second kappa shape index (κ2) is 4.62. The van der Waals surface area contributed by atoms with Gasteiger partial charge in [0.05, 0.1) is 5.56 Å². The van der Waals surface area contributed by atoms with Crippen molar-refractivity contribution in [3.63, 3.8) is 0 Å². The van der Waals surface area contributed by atoms with Crippen LogP contribution in [0.3, 0.4) is 0 Å². The molecule has 1 N–H and O–H groups in total. The molecule has 0 unspecified atom stereocenters. The van der Waals surface area contributed by atoms with Gasteiger partial charge in [0.2, 0.25) is 3.12 Å². The van der Waals surface area contributed by atoms with Gasteiger partial charge >= 0.3 is 5.97 Å². The minimum atomic E-state index is -1.55. The van der Waals surface area contributed by atoms with Crippen LogP contribution in [0, 0.1) is 0 Å². The molecule has 0 aliphatic heterocycles. The molecule has 0 bridgehead atoms. The minimum Gasteiger partial charge on any atom is -0.478 e. The molecule has 0 heterocycles. The zero-order valence-corrected chi connectivity index (χ0v) is 9.79. The molecule has 1 aromatic carbocycles. The molecular weight excluding hydrogens is 267 g/mol. The molecule has 1 rings (SSSR count). The molecule has 0 fully saturated rings. The Kier molecular flexibility index (Phi) is 3.95. The second-order valence-electron chi connectivity index (χ2n) is 2.35. The van der Waals surface area contributed by atoms with Crippen LogP contribution in [0.15, 0.2) is 29.2 Å². The van der Waals surface area contributed by atoms with E-state index in [1.807, 2.05) is 0 Å². The molecule has 2 nitrogen and oxygen atoms in total. The number of aromatic carboxylic acids is 1. The Balaban J connectivity index is 3.02. The summed E-state index contributed by atoms with van der Waals surface area (Å²) in [5, 5.41) is 8.82. The lowest BCUT2D eigenvalue weighted by Gasteiger charge is -2.11. The number of carbonyl (C=O) groups is 1. The number of benzene rings is 1. The third kappa shape index (κ3) is 3.58. The van der Waals surface area contributed by atoms with Gasteiger partial charge in [-0.05, 0) is 12.1 Å². The average Bonchev–Trinajstić information content (AvgIpc) is 2.01. The first-order chi connectivity index (χ1) is 6.40. The maximum atomic E-state index is 10.8. The van der Waals surface area contributed by atoms with Gasteiger partial charge in [0.15, 0.2) is 0 Å². The number of hydrogen-bond donors (Lipinski definition) is 1. The van der Waals surface area contributed by atoms with Crippen molar-refractivity contribution in [1.29, 1.82) is 0 Å². The fourth-order valence-electron chi connectivity index (χ4n) is 0.857. The molecule has 0 aromatic heterocycles. The van der Waals surface area contributed by atoms with Gasteiger partial charge in [0, 0.05) is 4.90 Å². The fraction of sp³-hybridized carbons (Fsp3) is 0.125. The van der Waals surface area contributed by atoms with Crippen molar-refractivity contribution in [3.8, 4) is 0 Å². The first-order valence-electron chi connectivity index (χ1n) is 3.48. The van der Waals surface area contributed by atoms with Crippen molar-refractivity contribution in [1.82, 2.24) is 0 Å². The third-order valence-electron chi connectivity index (χ3n) is 1.34. The lowest BCUT2D eigenvalue weighted by molar-refractivity contribution is 0.0693. The van der Waals surface area contributed by atoms with E-state index in [2.05, 4.69) is 0 Å². The number of hydrogen-bond acceptors (Lipinski definition) is 2. The van der Waals surface area contributed by atoms with Crippen molar-refractivity contribution in [3.05, 3.63) is 29.8 Å². The van der Waals surface area contributed by atoms with Crippen LogP contribution in [0.5, 0.6) is 0 Å². The smallest absolute Gasteiger partial charge is 0.336 e. The van der Waals surface area contributed by atoms with Crippen LogP contribution < -0.4 is 0 Å². The number of halogens is 3. The Hall–Kier alpha value is -0.0900. The summed E-state index contributed by atoms with van der Waals surface area (Å²) in [7, 11) is 0. The normalized spacial score (nSPS) is 11.4. The van der Waals surface area contributed by atoms with E-state index in [4.69, 9.17) is 39.9 Å². The molecular formula is C8H5Cl3O2S. The number of carboxylic acids is 1. The highest BCUT2D eigenvalue weighted by molar-refractivity contribution is 8.04. The van der Waals surface area contributed by atoms with E-state index < -0.39 is 9.09 Å². The second-order valence-corrected chi connectivity index (χ2v) is 6.56. The first-order valence-corrected chi connectivity index (χ1v) is 5.43. The highest BCUT2D eigenvalue weighted by atomic mass is 35.6. The van der Waals surface area contributed by atoms with Crippen LogP contribution in [0.2, 0.25) is 0 Å². The average molecular weight is 272 g/mol. The summed E-state index contributed by atoms with van der Waals surface area (Å²) in [6.45, 7) is 0.